The lowest BCUT2D eigenvalue weighted by molar-refractivity contribution is 0.322. The minimum Gasteiger partial charge on any atom is -0.411 e. The molecule has 0 unspecified atom stereocenters. The van der Waals surface area contributed by atoms with Gasteiger partial charge in [-0.05, 0) is 18.1 Å². The van der Waals surface area contributed by atoms with Gasteiger partial charge in [0.25, 0.3) is 0 Å². The van der Waals surface area contributed by atoms with Crippen molar-refractivity contribution in [1.82, 2.24) is 9.97 Å². The minimum atomic E-state index is 0.708. The summed E-state index contributed by atoms with van der Waals surface area (Å²) in [4.78, 5) is 9.26. The van der Waals surface area contributed by atoms with Crippen molar-refractivity contribution in [3.05, 3.63) is 52.6 Å². The summed E-state index contributed by atoms with van der Waals surface area (Å²) in [6, 6.07) is 10.0. The molecule has 0 fully saturated rings. The average Bonchev–Trinajstić information content (AvgIpc) is 3.02. The maximum atomic E-state index is 8.46. The Morgan fingerprint density at radius 1 is 1.26 bits per heavy atom. The van der Waals surface area contributed by atoms with Crippen LogP contribution in [0.1, 0.15) is 16.3 Å². The fraction of sp³-hybridized carbons (Fsp3) is 0.118. The molecule has 2 heterocycles. The van der Waals surface area contributed by atoms with Crippen molar-refractivity contribution in [2.75, 3.05) is 11.9 Å². The first-order valence-corrected chi connectivity index (χ1v) is 7.88. The predicted molar refractivity (Wildman–Crippen MR) is 93.2 cm³/mol. The van der Waals surface area contributed by atoms with Crippen LogP contribution in [0, 0.1) is 11.8 Å². The number of para-hydroxylation sites is 1. The standard InChI is InChI=1S/C17H14N4OS/c22-21-12-13-11-20-17(23-13)7-3-4-9-18-16-8-10-19-15-6-2-1-5-14(15)16/h1-2,5-6,8,10-12,22H,4,9H2,(H,18,19)/b21-12+. The fourth-order valence-corrected chi connectivity index (χ4v) is 2.77. The topological polar surface area (TPSA) is 70.4 Å². The van der Waals surface area contributed by atoms with Crippen molar-refractivity contribution >= 4 is 34.1 Å². The van der Waals surface area contributed by atoms with Crippen molar-refractivity contribution in [3.8, 4) is 11.8 Å². The number of thiazole rings is 1. The van der Waals surface area contributed by atoms with Gasteiger partial charge in [0.15, 0.2) is 5.01 Å². The molecule has 6 heteroatoms. The molecule has 0 bridgehead atoms. The molecule has 0 atom stereocenters. The van der Waals surface area contributed by atoms with Crippen LogP contribution in [0.25, 0.3) is 10.9 Å². The number of aromatic nitrogens is 2. The first-order valence-electron chi connectivity index (χ1n) is 7.06. The Balaban J connectivity index is 1.58. The van der Waals surface area contributed by atoms with E-state index in [9.17, 15) is 0 Å². The van der Waals surface area contributed by atoms with Crippen LogP contribution < -0.4 is 5.32 Å². The maximum absolute atomic E-state index is 8.46. The quantitative estimate of drug-likeness (QED) is 0.254. The van der Waals surface area contributed by atoms with Gasteiger partial charge in [0.05, 0.1) is 16.6 Å². The van der Waals surface area contributed by atoms with Crippen molar-refractivity contribution < 1.29 is 5.21 Å². The smallest absolute Gasteiger partial charge is 0.167 e. The molecule has 0 amide bonds. The van der Waals surface area contributed by atoms with Crippen LogP contribution in [0.3, 0.4) is 0 Å². The number of fused-ring (bicyclic) bond motifs is 1. The molecular formula is C17H14N4OS. The van der Waals surface area contributed by atoms with Crippen LogP contribution in [0.5, 0.6) is 0 Å². The number of oxime groups is 1. The number of hydrogen-bond donors (Lipinski definition) is 2. The Bertz CT molecular complexity index is 887. The van der Waals surface area contributed by atoms with E-state index >= 15 is 0 Å². The summed E-state index contributed by atoms with van der Waals surface area (Å²) in [6.07, 6.45) is 5.49. The summed E-state index contributed by atoms with van der Waals surface area (Å²) in [5.74, 6) is 6.10. The fourth-order valence-electron chi connectivity index (χ4n) is 2.11. The third kappa shape index (κ3) is 3.84. The van der Waals surface area contributed by atoms with Crippen molar-refractivity contribution in [2.45, 2.75) is 6.42 Å². The van der Waals surface area contributed by atoms with Crippen LogP contribution in [0.4, 0.5) is 5.69 Å². The van der Waals surface area contributed by atoms with E-state index in [4.69, 9.17) is 5.21 Å². The van der Waals surface area contributed by atoms with Gasteiger partial charge in [0.2, 0.25) is 0 Å². The summed E-state index contributed by atoms with van der Waals surface area (Å²) < 4.78 is 0. The molecule has 0 radical (unpaired) electrons. The van der Waals surface area contributed by atoms with E-state index in [1.807, 2.05) is 24.3 Å². The monoisotopic (exact) mass is 322 g/mol. The number of anilines is 1. The third-order valence-electron chi connectivity index (χ3n) is 3.12. The van der Waals surface area contributed by atoms with E-state index in [0.29, 0.717) is 11.4 Å². The molecule has 0 saturated carbocycles. The van der Waals surface area contributed by atoms with E-state index in [1.54, 1.807) is 12.4 Å². The van der Waals surface area contributed by atoms with E-state index < -0.39 is 0 Å². The van der Waals surface area contributed by atoms with Gasteiger partial charge < -0.3 is 10.5 Å². The molecule has 0 aliphatic heterocycles. The van der Waals surface area contributed by atoms with E-state index in [2.05, 4.69) is 38.3 Å². The third-order valence-corrected chi connectivity index (χ3v) is 3.97. The second-order valence-electron chi connectivity index (χ2n) is 4.67. The Hall–Kier alpha value is -2.91. The number of nitrogens with one attached hydrogen (secondary N) is 1. The number of rotatable bonds is 4. The van der Waals surface area contributed by atoms with Gasteiger partial charge in [-0.2, -0.15) is 0 Å². The molecular weight excluding hydrogens is 308 g/mol. The van der Waals surface area contributed by atoms with Gasteiger partial charge in [-0.15, -0.1) is 11.3 Å². The molecule has 5 nitrogen and oxygen atoms in total. The van der Waals surface area contributed by atoms with Gasteiger partial charge in [-0.3, -0.25) is 4.98 Å². The zero-order valence-electron chi connectivity index (χ0n) is 12.2. The summed E-state index contributed by atoms with van der Waals surface area (Å²) >= 11 is 1.39. The minimum absolute atomic E-state index is 0.708. The molecule has 2 N–H and O–H groups in total. The van der Waals surface area contributed by atoms with E-state index in [1.165, 1.54) is 17.6 Å². The van der Waals surface area contributed by atoms with Gasteiger partial charge in [-0.1, -0.05) is 29.3 Å². The van der Waals surface area contributed by atoms with Crippen LogP contribution >= 0.6 is 11.3 Å². The predicted octanol–water partition coefficient (Wildman–Crippen LogP) is 3.35. The summed E-state index contributed by atoms with van der Waals surface area (Å²) in [5.41, 5.74) is 2.04. The Kier molecular flexibility index (Phi) is 4.82. The molecule has 1 aromatic carbocycles. The number of hydrogen-bond acceptors (Lipinski definition) is 6. The summed E-state index contributed by atoms with van der Waals surface area (Å²) in [6.45, 7) is 0.747. The highest BCUT2D eigenvalue weighted by Crippen LogP contribution is 2.20. The molecule has 0 aliphatic rings. The number of benzene rings is 1. The largest absolute Gasteiger partial charge is 0.411 e. The van der Waals surface area contributed by atoms with Gasteiger partial charge in [0.1, 0.15) is 0 Å². The molecule has 0 aliphatic carbocycles. The molecule has 0 spiro atoms. The van der Waals surface area contributed by atoms with Crippen LogP contribution in [0.2, 0.25) is 0 Å². The van der Waals surface area contributed by atoms with Gasteiger partial charge >= 0.3 is 0 Å². The van der Waals surface area contributed by atoms with Crippen LogP contribution in [-0.2, 0) is 0 Å². The van der Waals surface area contributed by atoms with Gasteiger partial charge in [-0.25, -0.2) is 4.98 Å². The van der Waals surface area contributed by atoms with E-state index in [0.717, 1.165) is 28.0 Å². The highest BCUT2D eigenvalue weighted by Gasteiger charge is 1.99. The lowest BCUT2D eigenvalue weighted by Gasteiger charge is -2.07. The molecule has 3 rings (SSSR count). The molecule has 114 valence electrons. The van der Waals surface area contributed by atoms with Crippen LogP contribution in [-0.4, -0.2) is 27.9 Å². The highest BCUT2D eigenvalue weighted by molar-refractivity contribution is 7.13. The van der Waals surface area contributed by atoms with Gasteiger partial charge in [0, 0.05) is 36.4 Å². The lowest BCUT2D eigenvalue weighted by atomic mass is 10.2. The molecule has 23 heavy (non-hydrogen) atoms. The second-order valence-corrected chi connectivity index (χ2v) is 5.73. The SMILES string of the molecule is O/N=C/c1cnc(C#CCCNc2ccnc3ccccc23)s1. The maximum Gasteiger partial charge on any atom is 0.167 e. The highest BCUT2D eigenvalue weighted by atomic mass is 32.1. The van der Waals surface area contributed by atoms with E-state index in [-0.39, 0.29) is 0 Å². The average molecular weight is 322 g/mol. The lowest BCUT2D eigenvalue weighted by Crippen LogP contribution is -2.01. The van der Waals surface area contributed by atoms with Crippen molar-refractivity contribution in [1.29, 1.82) is 0 Å². The zero-order chi connectivity index (χ0) is 15.9. The van der Waals surface area contributed by atoms with Crippen LogP contribution in [0.15, 0.2) is 47.9 Å². The summed E-state index contributed by atoms with van der Waals surface area (Å²) in [5, 5.41) is 16.6. The van der Waals surface area contributed by atoms with Crippen molar-refractivity contribution in [2.24, 2.45) is 5.16 Å². The second kappa shape index (κ2) is 7.38. The number of pyridine rings is 1. The molecule has 0 saturated heterocycles. The molecule has 2 aromatic heterocycles. The normalized spacial score (nSPS) is 10.6. The first-order chi connectivity index (χ1) is 11.4. The zero-order valence-corrected chi connectivity index (χ0v) is 13.0. The number of nitrogens with zero attached hydrogens (tertiary/aromatic N) is 3. The Labute approximate surface area is 137 Å². The molecule has 3 aromatic rings. The summed E-state index contributed by atoms with van der Waals surface area (Å²) in [7, 11) is 0. The Morgan fingerprint density at radius 3 is 3.09 bits per heavy atom. The Morgan fingerprint density at radius 2 is 2.17 bits per heavy atom. The first kappa shape index (κ1) is 15.0. The van der Waals surface area contributed by atoms with Crippen molar-refractivity contribution in [3.63, 3.8) is 0 Å².